The van der Waals surface area contributed by atoms with Crippen LogP contribution in [0.2, 0.25) is 0 Å². The van der Waals surface area contributed by atoms with Gasteiger partial charge in [0.2, 0.25) is 0 Å². The number of aliphatic hydroxyl groups is 2. The van der Waals surface area contributed by atoms with E-state index < -0.39 is 36.9 Å². The lowest BCUT2D eigenvalue weighted by atomic mass is 10.0. The van der Waals surface area contributed by atoms with Crippen LogP contribution in [-0.4, -0.2) is 80.8 Å². The summed E-state index contributed by atoms with van der Waals surface area (Å²) in [5.41, 5.74) is 2.23. The number of hydrogen-bond acceptors (Lipinski definition) is 10. The van der Waals surface area contributed by atoms with Crippen molar-refractivity contribution in [2.45, 2.75) is 30.9 Å². The van der Waals surface area contributed by atoms with Crippen LogP contribution < -0.4 is 20.1 Å². The minimum atomic E-state index is -1.15. The van der Waals surface area contributed by atoms with Gasteiger partial charge in [0.1, 0.15) is 30.0 Å². The van der Waals surface area contributed by atoms with Gasteiger partial charge in [-0.1, -0.05) is 30.3 Å². The maximum atomic E-state index is 13.2. The number of nitrogens with one attached hydrogen (secondary N) is 2. The molecule has 4 atom stereocenters. The van der Waals surface area contributed by atoms with Crippen LogP contribution in [0, 0.1) is 0 Å². The van der Waals surface area contributed by atoms with Crippen molar-refractivity contribution >= 4 is 39.3 Å². The number of methoxy groups -OCH3 is 2. The van der Waals surface area contributed by atoms with Gasteiger partial charge in [-0.3, -0.25) is 4.79 Å². The van der Waals surface area contributed by atoms with Gasteiger partial charge >= 0.3 is 0 Å². The zero-order chi connectivity index (χ0) is 29.2. The molecular weight excluding hydrogens is 540 g/mol. The molecule has 3 aromatic carbocycles. The number of benzene rings is 3. The predicted molar refractivity (Wildman–Crippen MR) is 155 cm³/mol. The van der Waals surface area contributed by atoms with E-state index in [1.807, 2.05) is 36.4 Å². The van der Waals surface area contributed by atoms with E-state index in [4.69, 9.17) is 14.2 Å². The molecule has 0 radical (unpaired) electrons. The lowest BCUT2D eigenvalue weighted by Crippen LogP contribution is -2.49. The summed E-state index contributed by atoms with van der Waals surface area (Å²) in [5, 5.41) is 29.2. The number of imidazole rings is 1. The monoisotopic (exact) mass is 570 g/mol. The molecule has 216 valence electrons. The van der Waals surface area contributed by atoms with Crippen LogP contribution in [-0.2, 0) is 11.3 Å². The molecule has 1 aliphatic rings. The number of amides is 1. The minimum Gasteiger partial charge on any atom is -0.497 e. The zero-order valence-electron chi connectivity index (χ0n) is 23.0. The van der Waals surface area contributed by atoms with Gasteiger partial charge in [0, 0.05) is 17.3 Å². The van der Waals surface area contributed by atoms with Crippen LogP contribution in [0.3, 0.4) is 0 Å². The molecule has 12 nitrogen and oxygen atoms in total. The second kappa shape index (κ2) is 11.6. The first kappa shape index (κ1) is 27.4. The summed E-state index contributed by atoms with van der Waals surface area (Å²) in [6, 6.07) is 18.1. The SMILES string of the molecule is COc1cc(OC)cc(C(=O)N[C@@H]2C(Cn3cnc4c(Nc5ccc6ccccc6c5)ncnc43)OC(CO)[C@@H]2O)c1. The van der Waals surface area contributed by atoms with Gasteiger partial charge in [0.25, 0.3) is 5.91 Å². The van der Waals surface area contributed by atoms with Crippen LogP contribution in [0.4, 0.5) is 11.5 Å². The number of hydrogen-bond donors (Lipinski definition) is 4. The molecule has 0 spiro atoms. The number of rotatable bonds is 9. The topological polar surface area (TPSA) is 153 Å². The number of fused-ring (bicyclic) bond motifs is 2. The second-order valence-electron chi connectivity index (χ2n) is 9.97. The number of ether oxygens (including phenoxy) is 3. The number of aliphatic hydroxyl groups excluding tert-OH is 2. The second-order valence-corrected chi connectivity index (χ2v) is 9.97. The fraction of sp³-hybridized carbons (Fsp3) is 0.267. The quantitative estimate of drug-likeness (QED) is 0.208. The van der Waals surface area contributed by atoms with E-state index in [1.54, 1.807) is 29.1 Å². The Morgan fingerprint density at radius 1 is 0.976 bits per heavy atom. The number of carbonyl (C=O) groups is 1. The minimum absolute atomic E-state index is 0.197. The number of nitrogens with zero attached hydrogens (tertiary/aromatic N) is 4. The average Bonchev–Trinajstić information content (AvgIpc) is 3.57. The van der Waals surface area contributed by atoms with Gasteiger partial charge in [0.15, 0.2) is 17.0 Å². The third-order valence-electron chi connectivity index (χ3n) is 7.38. The molecule has 5 aromatic rings. The predicted octanol–water partition coefficient (Wildman–Crippen LogP) is 2.66. The van der Waals surface area contributed by atoms with Gasteiger partial charge < -0.3 is 39.6 Å². The molecule has 3 heterocycles. The Morgan fingerprint density at radius 2 is 1.74 bits per heavy atom. The molecule has 42 heavy (non-hydrogen) atoms. The van der Waals surface area contributed by atoms with Crippen molar-refractivity contribution in [3.8, 4) is 11.5 Å². The summed E-state index contributed by atoms with van der Waals surface area (Å²) in [4.78, 5) is 26.6. The van der Waals surface area contributed by atoms with E-state index in [0.717, 1.165) is 16.5 Å². The van der Waals surface area contributed by atoms with Crippen molar-refractivity contribution in [2.24, 2.45) is 0 Å². The van der Waals surface area contributed by atoms with Gasteiger partial charge in [-0.15, -0.1) is 0 Å². The Bertz CT molecular complexity index is 1720. The van der Waals surface area contributed by atoms with E-state index in [2.05, 4.69) is 31.7 Å². The summed E-state index contributed by atoms with van der Waals surface area (Å²) in [6.45, 7) is -0.216. The highest BCUT2D eigenvalue weighted by Crippen LogP contribution is 2.28. The van der Waals surface area contributed by atoms with Crippen molar-refractivity contribution in [1.29, 1.82) is 0 Å². The van der Waals surface area contributed by atoms with Crippen molar-refractivity contribution in [1.82, 2.24) is 24.8 Å². The largest absolute Gasteiger partial charge is 0.497 e. The lowest BCUT2D eigenvalue weighted by Gasteiger charge is -2.22. The maximum absolute atomic E-state index is 13.2. The van der Waals surface area contributed by atoms with Crippen molar-refractivity contribution in [2.75, 3.05) is 26.1 Å². The Labute approximate surface area is 240 Å². The number of carbonyl (C=O) groups excluding carboxylic acids is 1. The van der Waals surface area contributed by atoms with E-state index in [1.165, 1.54) is 20.5 Å². The van der Waals surface area contributed by atoms with Crippen LogP contribution in [0.25, 0.3) is 21.9 Å². The first-order chi connectivity index (χ1) is 20.5. The van der Waals surface area contributed by atoms with Crippen molar-refractivity contribution < 1.29 is 29.2 Å². The molecule has 6 rings (SSSR count). The Morgan fingerprint density at radius 3 is 2.48 bits per heavy atom. The van der Waals surface area contributed by atoms with E-state index >= 15 is 0 Å². The Balaban J connectivity index is 1.24. The van der Waals surface area contributed by atoms with Crippen LogP contribution in [0.15, 0.2) is 73.3 Å². The molecule has 2 aromatic heterocycles. The van der Waals surface area contributed by atoms with Gasteiger partial charge in [-0.2, -0.15) is 0 Å². The Kier molecular flexibility index (Phi) is 7.57. The van der Waals surface area contributed by atoms with Crippen LogP contribution in [0.1, 0.15) is 10.4 Å². The maximum Gasteiger partial charge on any atom is 0.251 e. The van der Waals surface area contributed by atoms with E-state index in [-0.39, 0.29) is 12.1 Å². The lowest BCUT2D eigenvalue weighted by molar-refractivity contribution is -0.0255. The molecule has 1 amide bonds. The first-order valence-electron chi connectivity index (χ1n) is 13.4. The molecule has 1 aliphatic heterocycles. The smallest absolute Gasteiger partial charge is 0.251 e. The molecule has 1 fully saturated rings. The van der Waals surface area contributed by atoms with Gasteiger partial charge in [-0.25, -0.2) is 15.0 Å². The molecule has 0 bridgehead atoms. The summed E-state index contributed by atoms with van der Waals surface area (Å²) in [5.74, 6) is 0.977. The van der Waals surface area contributed by atoms with Crippen molar-refractivity contribution in [3.63, 3.8) is 0 Å². The van der Waals surface area contributed by atoms with Crippen LogP contribution in [0.5, 0.6) is 11.5 Å². The Hall–Kier alpha value is -4.78. The highest BCUT2D eigenvalue weighted by Gasteiger charge is 2.44. The normalized spacial score (nSPS) is 20.1. The van der Waals surface area contributed by atoms with Crippen LogP contribution >= 0.6 is 0 Å². The zero-order valence-corrected chi connectivity index (χ0v) is 23.0. The average molecular weight is 571 g/mol. The fourth-order valence-corrected chi connectivity index (χ4v) is 5.20. The molecule has 0 aliphatic carbocycles. The van der Waals surface area contributed by atoms with Gasteiger partial charge in [0.05, 0.1) is 45.8 Å². The third-order valence-corrected chi connectivity index (χ3v) is 7.38. The molecular formula is C30H30N6O6. The molecule has 12 heteroatoms. The summed E-state index contributed by atoms with van der Waals surface area (Å²) in [6.07, 6.45) is 0.331. The highest BCUT2D eigenvalue weighted by molar-refractivity contribution is 5.95. The first-order valence-corrected chi connectivity index (χ1v) is 13.4. The number of anilines is 2. The van der Waals surface area contributed by atoms with E-state index in [0.29, 0.717) is 28.5 Å². The number of aromatic nitrogens is 4. The molecule has 2 unspecified atom stereocenters. The fourth-order valence-electron chi connectivity index (χ4n) is 5.20. The summed E-state index contributed by atoms with van der Waals surface area (Å²) >= 11 is 0. The standard InChI is InChI=1S/C30H30N6O6/c1-40-21-10-19(11-22(12-21)41-2)30(39)35-25-23(42-24(14-37)27(25)38)13-36-16-33-26-28(31-15-32-29(26)36)34-20-8-7-17-5-3-4-6-18(17)9-20/h3-12,15-16,23-25,27,37-38H,13-14H2,1-2H3,(H,35,39)(H,31,32,34)/t23?,24?,25-,27+/m1/s1. The summed E-state index contributed by atoms with van der Waals surface area (Å²) < 4.78 is 18.3. The molecule has 4 N–H and O–H groups in total. The van der Waals surface area contributed by atoms with Crippen molar-refractivity contribution in [3.05, 3.63) is 78.9 Å². The molecule has 0 saturated carbocycles. The highest BCUT2D eigenvalue weighted by atomic mass is 16.5. The van der Waals surface area contributed by atoms with Gasteiger partial charge in [-0.05, 0) is 35.0 Å². The third kappa shape index (κ3) is 5.30. The molecule has 1 saturated heterocycles. The van der Waals surface area contributed by atoms with E-state index in [9.17, 15) is 15.0 Å². The summed E-state index contributed by atoms with van der Waals surface area (Å²) in [7, 11) is 2.99.